The van der Waals surface area contributed by atoms with Crippen molar-refractivity contribution in [2.45, 2.75) is 25.9 Å². The Morgan fingerprint density at radius 3 is 2.70 bits per heavy atom. The van der Waals surface area contributed by atoms with Crippen LogP contribution in [0.2, 0.25) is 0 Å². The fourth-order valence-electron chi connectivity index (χ4n) is 4.34. The van der Waals surface area contributed by atoms with Gasteiger partial charge in [-0.05, 0) is 54.8 Å². The number of aromatic nitrogens is 2. The van der Waals surface area contributed by atoms with Crippen LogP contribution in [0.25, 0.3) is 11.0 Å². The highest BCUT2D eigenvalue weighted by Gasteiger charge is 2.24. The second-order valence-electron chi connectivity index (χ2n) is 8.07. The van der Waals surface area contributed by atoms with E-state index in [1.165, 1.54) is 5.56 Å². The van der Waals surface area contributed by atoms with Crippen LogP contribution < -0.4 is 10.2 Å². The number of aryl methyl sites for hydroxylation is 1. The Balaban J connectivity index is 1.41. The number of imidazole rings is 1. The SMILES string of the molecule is O=C(NCc1nc2ccccc2n1CC(=O)N1CCCc2ccccc21)c1cccc(Br)c1. The molecule has 0 spiro atoms. The first-order chi connectivity index (χ1) is 16.1. The van der Waals surface area contributed by atoms with Gasteiger partial charge >= 0.3 is 0 Å². The molecule has 166 valence electrons. The van der Waals surface area contributed by atoms with Crippen LogP contribution in [0.15, 0.2) is 77.3 Å². The van der Waals surface area contributed by atoms with E-state index in [2.05, 4.69) is 27.3 Å². The summed E-state index contributed by atoms with van der Waals surface area (Å²) in [6, 6.07) is 23.1. The third-order valence-corrected chi connectivity index (χ3v) is 6.43. The number of benzene rings is 3. The Kier molecular flexibility index (Phi) is 5.96. The number of anilines is 1. The maximum absolute atomic E-state index is 13.4. The van der Waals surface area contributed by atoms with Gasteiger partial charge in [-0.2, -0.15) is 0 Å². The summed E-state index contributed by atoms with van der Waals surface area (Å²) in [4.78, 5) is 32.6. The zero-order valence-corrected chi connectivity index (χ0v) is 19.6. The number of nitrogens with zero attached hydrogens (tertiary/aromatic N) is 3. The maximum atomic E-state index is 13.4. The quantitative estimate of drug-likeness (QED) is 0.429. The van der Waals surface area contributed by atoms with E-state index in [4.69, 9.17) is 4.98 Å². The van der Waals surface area contributed by atoms with Gasteiger partial charge in [0.05, 0.1) is 17.6 Å². The monoisotopic (exact) mass is 502 g/mol. The molecule has 6 nitrogen and oxygen atoms in total. The largest absolute Gasteiger partial charge is 0.345 e. The van der Waals surface area contributed by atoms with Crippen molar-refractivity contribution in [3.8, 4) is 0 Å². The lowest BCUT2D eigenvalue weighted by Crippen LogP contribution is -2.38. The number of nitrogens with one attached hydrogen (secondary N) is 1. The van der Waals surface area contributed by atoms with E-state index in [1.807, 2.05) is 64.1 Å². The molecule has 0 unspecified atom stereocenters. The predicted molar refractivity (Wildman–Crippen MR) is 132 cm³/mol. The first-order valence-electron chi connectivity index (χ1n) is 11.0. The van der Waals surface area contributed by atoms with Crippen molar-refractivity contribution in [1.82, 2.24) is 14.9 Å². The van der Waals surface area contributed by atoms with Crippen LogP contribution in [0.1, 0.15) is 28.2 Å². The molecule has 0 fully saturated rings. The first-order valence-corrected chi connectivity index (χ1v) is 11.8. The van der Waals surface area contributed by atoms with E-state index in [0.717, 1.165) is 34.0 Å². The molecule has 0 bridgehead atoms. The molecule has 0 saturated carbocycles. The molecule has 1 N–H and O–H groups in total. The molecule has 33 heavy (non-hydrogen) atoms. The second-order valence-corrected chi connectivity index (χ2v) is 8.99. The summed E-state index contributed by atoms with van der Waals surface area (Å²) in [5.74, 6) is 0.481. The molecule has 7 heteroatoms. The predicted octanol–water partition coefficient (Wildman–Crippen LogP) is 4.71. The fourth-order valence-corrected chi connectivity index (χ4v) is 4.74. The van der Waals surface area contributed by atoms with Crippen LogP contribution in [0, 0.1) is 0 Å². The van der Waals surface area contributed by atoms with Gasteiger partial charge in [0.1, 0.15) is 12.4 Å². The van der Waals surface area contributed by atoms with Gasteiger partial charge in [0.25, 0.3) is 5.91 Å². The Labute approximate surface area is 200 Å². The average Bonchev–Trinajstić information content (AvgIpc) is 3.19. The van der Waals surface area contributed by atoms with Gasteiger partial charge < -0.3 is 14.8 Å². The van der Waals surface area contributed by atoms with Gasteiger partial charge in [0, 0.05) is 22.3 Å². The molecular formula is C26H23BrN4O2. The molecule has 1 aliphatic heterocycles. The average molecular weight is 503 g/mol. The number of hydrogen-bond donors (Lipinski definition) is 1. The summed E-state index contributed by atoms with van der Waals surface area (Å²) in [7, 11) is 0. The molecule has 0 saturated heterocycles. The molecule has 0 aliphatic carbocycles. The molecule has 1 aromatic heterocycles. The highest BCUT2D eigenvalue weighted by molar-refractivity contribution is 9.10. The van der Waals surface area contributed by atoms with Gasteiger partial charge in [-0.25, -0.2) is 4.98 Å². The number of amides is 2. The molecule has 4 aromatic rings. The third-order valence-electron chi connectivity index (χ3n) is 5.93. The molecule has 0 atom stereocenters. The van der Waals surface area contributed by atoms with E-state index < -0.39 is 0 Å². The third kappa shape index (κ3) is 4.41. The van der Waals surface area contributed by atoms with Crippen LogP contribution >= 0.6 is 15.9 Å². The normalized spacial score (nSPS) is 13.1. The Hall–Kier alpha value is -3.45. The van der Waals surface area contributed by atoms with Crippen LogP contribution in [-0.2, 0) is 24.3 Å². The molecule has 2 heterocycles. The summed E-state index contributed by atoms with van der Waals surface area (Å²) in [5, 5.41) is 2.94. The maximum Gasteiger partial charge on any atom is 0.251 e. The minimum absolute atomic E-state index is 0.0184. The van der Waals surface area contributed by atoms with Gasteiger partial charge in [0.15, 0.2) is 0 Å². The summed E-state index contributed by atoms with van der Waals surface area (Å²) >= 11 is 3.40. The van der Waals surface area contributed by atoms with Crippen molar-refractivity contribution >= 4 is 44.5 Å². The standard InChI is InChI=1S/C26H23BrN4O2/c27-20-10-5-8-19(15-20)26(33)28-16-24-29-21-11-2-4-13-23(21)31(24)17-25(32)30-14-6-9-18-7-1-3-12-22(18)30/h1-5,7-8,10-13,15H,6,9,14,16-17H2,(H,28,33). The van der Waals surface area contributed by atoms with Crippen molar-refractivity contribution in [3.63, 3.8) is 0 Å². The van der Waals surface area contributed by atoms with Crippen molar-refractivity contribution in [2.75, 3.05) is 11.4 Å². The summed E-state index contributed by atoms with van der Waals surface area (Å²) in [6.07, 6.45) is 1.93. The zero-order chi connectivity index (χ0) is 22.8. The van der Waals surface area contributed by atoms with Crippen molar-refractivity contribution in [3.05, 3.63) is 94.2 Å². The minimum Gasteiger partial charge on any atom is -0.345 e. The van der Waals surface area contributed by atoms with E-state index in [9.17, 15) is 9.59 Å². The van der Waals surface area contributed by atoms with Crippen molar-refractivity contribution < 1.29 is 9.59 Å². The van der Waals surface area contributed by atoms with E-state index in [-0.39, 0.29) is 24.9 Å². The molecule has 3 aromatic carbocycles. The Bertz CT molecular complexity index is 1350. The number of carbonyl (C=O) groups is 2. The topological polar surface area (TPSA) is 67.2 Å². The first kappa shape index (κ1) is 21.4. The Morgan fingerprint density at radius 2 is 1.82 bits per heavy atom. The number of fused-ring (bicyclic) bond motifs is 2. The highest BCUT2D eigenvalue weighted by atomic mass is 79.9. The second kappa shape index (κ2) is 9.19. The lowest BCUT2D eigenvalue weighted by atomic mass is 10.0. The molecular weight excluding hydrogens is 480 g/mol. The number of para-hydroxylation sites is 3. The van der Waals surface area contributed by atoms with E-state index in [1.54, 1.807) is 12.1 Å². The lowest BCUT2D eigenvalue weighted by molar-refractivity contribution is -0.119. The van der Waals surface area contributed by atoms with Crippen LogP contribution in [0.4, 0.5) is 5.69 Å². The molecule has 5 rings (SSSR count). The molecule has 2 amide bonds. The van der Waals surface area contributed by atoms with Crippen LogP contribution in [0.3, 0.4) is 0 Å². The summed E-state index contributed by atoms with van der Waals surface area (Å²) in [5.41, 5.74) is 4.43. The minimum atomic E-state index is -0.189. The van der Waals surface area contributed by atoms with E-state index in [0.29, 0.717) is 17.9 Å². The van der Waals surface area contributed by atoms with Crippen molar-refractivity contribution in [1.29, 1.82) is 0 Å². The van der Waals surface area contributed by atoms with Crippen molar-refractivity contribution in [2.24, 2.45) is 0 Å². The lowest BCUT2D eigenvalue weighted by Gasteiger charge is -2.29. The molecule has 0 radical (unpaired) electrons. The summed E-state index contributed by atoms with van der Waals surface area (Å²) in [6.45, 7) is 1.10. The summed E-state index contributed by atoms with van der Waals surface area (Å²) < 4.78 is 2.76. The number of carbonyl (C=O) groups excluding carboxylic acids is 2. The van der Waals surface area contributed by atoms with Gasteiger partial charge in [-0.1, -0.05) is 52.3 Å². The van der Waals surface area contributed by atoms with Gasteiger partial charge in [-0.15, -0.1) is 0 Å². The molecule has 1 aliphatic rings. The highest BCUT2D eigenvalue weighted by Crippen LogP contribution is 2.27. The fraction of sp³-hybridized carbons (Fsp3) is 0.192. The van der Waals surface area contributed by atoms with Crippen LogP contribution in [-0.4, -0.2) is 27.9 Å². The van der Waals surface area contributed by atoms with Gasteiger partial charge in [-0.3, -0.25) is 9.59 Å². The van der Waals surface area contributed by atoms with E-state index >= 15 is 0 Å². The Morgan fingerprint density at radius 1 is 1.00 bits per heavy atom. The van der Waals surface area contributed by atoms with Gasteiger partial charge in [0.2, 0.25) is 5.91 Å². The van der Waals surface area contributed by atoms with Crippen LogP contribution in [0.5, 0.6) is 0 Å². The number of rotatable bonds is 5. The number of halogens is 1. The zero-order valence-electron chi connectivity index (χ0n) is 18.0. The number of hydrogen-bond acceptors (Lipinski definition) is 3. The smallest absolute Gasteiger partial charge is 0.251 e.